The number of hydrogen-bond acceptors (Lipinski definition) is 0. The standard InChI is InChI=1S/C16H20Si2/c1-17(2)15-9-5-7-13(11-15)14-8-6-10-16(12-14)18(3)4/h5-12H,1-4H3. The third kappa shape index (κ3) is 3.00. The van der Waals surface area contributed by atoms with E-state index in [4.69, 9.17) is 0 Å². The van der Waals surface area contributed by atoms with E-state index in [9.17, 15) is 0 Å². The zero-order valence-electron chi connectivity index (χ0n) is 11.6. The molecule has 2 aromatic rings. The van der Waals surface area contributed by atoms with Gasteiger partial charge in [0.1, 0.15) is 0 Å². The summed E-state index contributed by atoms with van der Waals surface area (Å²) in [6.07, 6.45) is 0. The molecule has 2 radical (unpaired) electrons. The Morgan fingerprint density at radius 2 is 1.00 bits per heavy atom. The molecule has 0 saturated heterocycles. The summed E-state index contributed by atoms with van der Waals surface area (Å²) in [5.41, 5.74) is 2.73. The maximum absolute atomic E-state index is 2.37. The fraction of sp³-hybridized carbons (Fsp3) is 0.250. The van der Waals surface area contributed by atoms with E-state index in [-0.39, 0.29) is 17.6 Å². The molecule has 0 saturated carbocycles. The zero-order chi connectivity index (χ0) is 13.1. The van der Waals surface area contributed by atoms with Crippen molar-refractivity contribution >= 4 is 28.0 Å². The molecule has 18 heavy (non-hydrogen) atoms. The van der Waals surface area contributed by atoms with E-state index in [2.05, 4.69) is 74.7 Å². The molecule has 2 heteroatoms. The Kier molecular flexibility index (Phi) is 4.20. The first-order valence-electron chi connectivity index (χ1n) is 6.39. The van der Waals surface area contributed by atoms with Crippen LogP contribution < -0.4 is 10.4 Å². The maximum Gasteiger partial charge on any atom is 0.0791 e. The average molecular weight is 269 g/mol. The first kappa shape index (κ1) is 13.3. The van der Waals surface area contributed by atoms with Crippen LogP contribution in [0.1, 0.15) is 0 Å². The fourth-order valence-corrected chi connectivity index (χ4v) is 3.77. The molecule has 92 valence electrons. The molecule has 0 spiro atoms. The van der Waals surface area contributed by atoms with Gasteiger partial charge in [0.05, 0.1) is 17.6 Å². The van der Waals surface area contributed by atoms with Gasteiger partial charge in [-0.1, -0.05) is 85.1 Å². The zero-order valence-corrected chi connectivity index (χ0v) is 13.6. The Balaban J connectivity index is 2.42. The van der Waals surface area contributed by atoms with E-state index in [0.717, 1.165) is 0 Å². The summed E-state index contributed by atoms with van der Waals surface area (Å²) in [6, 6.07) is 18.1. The first-order chi connectivity index (χ1) is 8.58. The second kappa shape index (κ2) is 5.68. The van der Waals surface area contributed by atoms with Gasteiger partial charge in [-0.3, -0.25) is 0 Å². The third-order valence-electron chi connectivity index (χ3n) is 3.21. The molecular formula is C16H20Si2. The summed E-state index contributed by atoms with van der Waals surface area (Å²) in [4.78, 5) is 0. The molecule has 0 N–H and O–H groups in total. The highest BCUT2D eigenvalue weighted by Crippen LogP contribution is 2.17. The van der Waals surface area contributed by atoms with E-state index in [0.29, 0.717) is 0 Å². The molecule has 0 bridgehead atoms. The highest BCUT2D eigenvalue weighted by molar-refractivity contribution is 6.71. The van der Waals surface area contributed by atoms with E-state index in [1.54, 1.807) is 0 Å². The fourth-order valence-electron chi connectivity index (χ4n) is 2.02. The lowest BCUT2D eigenvalue weighted by molar-refractivity contribution is 1.65. The molecular weight excluding hydrogens is 248 g/mol. The molecule has 2 rings (SSSR count). The second-order valence-corrected chi connectivity index (χ2v) is 10.3. The van der Waals surface area contributed by atoms with Crippen molar-refractivity contribution in [3.63, 3.8) is 0 Å². The van der Waals surface area contributed by atoms with Gasteiger partial charge in [0.25, 0.3) is 0 Å². The molecule has 0 aliphatic rings. The van der Waals surface area contributed by atoms with Crippen LogP contribution in [-0.2, 0) is 0 Å². The van der Waals surface area contributed by atoms with Crippen molar-refractivity contribution in [1.82, 2.24) is 0 Å². The third-order valence-corrected chi connectivity index (χ3v) is 6.14. The molecule has 0 aromatic heterocycles. The van der Waals surface area contributed by atoms with Crippen LogP contribution in [0.5, 0.6) is 0 Å². The second-order valence-electron chi connectivity index (χ2n) is 5.16. The Morgan fingerprint density at radius 1 is 0.611 bits per heavy atom. The summed E-state index contributed by atoms with van der Waals surface area (Å²) in [5, 5.41) is 3.03. The van der Waals surface area contributed by atoms with Crippen LogP contribution in [0, 0.1) is 0 Å². The molecule has 0 aliphatic carbocycles. The lowest BCUT2D eigenvalue weighted by Gasteiger charge is -2.10. The highest BCUT2D eigenvalue weighted by Gasteiger charge is 2.06. The minimum atomic E-state index is -0.361. The normalized spacial score (nSPS) is 11.2. The van der Waals surface area contributed by atoms with Crippen LogP contribution in [0.25, 0.3) is 11.1 Å². The van der Waals surface area contributed by atoms with Crippen molar-refractivity contribution in [3.05, 3.63) is 48.5 Å². The van der Waals surface area contributed by atoms with Crippen molar-refractivity contribution in [2.75, 3.05) is 0 Å². The Bertz CT molecular complexity index is 481. The molecule has 0 atom stereocenters. The minimum absolute atomic E-state index is 0.361. The summed E-state index contributed by atoms with van der Waals surface area (Å²) < 4.78 is 0. The van der Waals surface area contributed by atoms with Gasteiger partial charge in [-0.2, -0.15) is 0 Å². The first-order valence-corrected chi connectivity index (χ1v) is 11.4. The van der Waals surface area contributed by atoms with Gasteiger partial charge < -0.3 is 0 Å². The van der Waals surface area contributed by atoms with Gasteiger partial charge in [0.15, 0.2) is 0 Å². The van der Waals surface area contributed by atoms with E-state index < -0.39 is 0 Å². The monoisotopic (exact) mass is 268 g/mol. The Hall–Kier alpha value is -1.13. The molecule has 0 heterocycles. The largest absolute Gasteiger partial charge is 0.0791 e. The van der Waals surface area contributed by atoms with Gasteiger partial charge in [-0.15, -0.1) is 0 Å². The molecule has 0 amide bonds. The van der Waals surface area contributed by atoms with Crippen LogP contribution in [0.3, 0.4) is 0 Å². The smallest absolute Gasteiger partial charge is 0.0671 e. The summed E-state index contributed by atoms with van der Waals surface area (Å²) in [7, 11) is -0.722. The van der Waals surface area contributed by atoms with Gasteiger partial charge >= 0.3 is 0 Å². The average Bonchev–Trinajstić information content (AvgIpc) is 2.39. The van der Waals surface area contributed by atoms with E-state index in [1.807, 2.05) is 0 Å². The quantitative estimate of drug-likeness (QED) is 0.750. The SMILES string of the molecule is C[Si](C)c1cccc(-c2cccc([Si](C)C)c2)c1. The molecule has 0 aliphatic heterocycles. The van der Waals surface area contributed by atoms with Gasteiger partial charge in [0.2, 0.25) is 0 Å². The van der Waals surface area contributed by atoms with Gasteiger partial charge in [0, 0.05) is 0 Å². The molecule has 0 nitrogen and oxygen atoms in total. The lowest BCUT2D eigenvalue weighted by Crippen LogP contribution is -2.23. The van der Waals surface area contributed by atoms with Crippen molar-refractivity contribution in [1.29, 1.82) is 0 Å². The highest BCUT2D eigenvalue weighted by atomic mass is 28.3. The van der Waals surface area contributed by atoms with Gasteiger partial charge in [-0.05, 0) is 11.1 Å². The van der Waals surface area contributed by atoms with Crippen LogP contribution in [0.4, 0.5) is 0 Å². The Labute approximate surface area is 114 Å². The predicted molar refractivity (Wildman–Crippen MR) is 86.1 cm³/mol. The number of hydrogen-bond donors (Lipinski definition) is 0. The molecule has 2 aromatic carbocycles. The van der Waals surface area contributed by atoms with Gasteiger partial charge in [-0.25, -0.2) is 0 Å². The van der Waals surface area contributed by atoms with Crippen molar-refractivity contribution < 1.29 is 0 Å². The van der Waals surface area contributed by atoms with E-state index >= 15 is 0 Å². The lowest BCUT2D eigenvalue weighted by atomic mass is 10.1. The van der Waals surface area contributed by atoms with Crippen LogP contribution in [-0.4, -0.2) is 17.6 Å². The summed E-state index contributed by atoms with van der Waals surface area (Å²) in [5.74, 6) is 0. The number of benzene rings is 2. The van der Waals surface area contributed by atoms with Crippen LogP contribution >= 0.6 is 0 Å². The minimum Gasteiger partial charge on any atom is -0.0671 e. The number of rotatable bonds is 3. The van der Waals surface area contributed by atoms with Crippen LogP contribution in [0.2, 0.25) is 26.2 Å². The topological polar surface area (TPSA) is 0 Å². The van der Waals surface area contributed by atoms with Crippen LogP contribution in [0.15, 0.2) is 48.5 Å². The van der Waals surface area contributed by atoms with Crippen molar-refractivity contribution in [3.8, 4) is 11.1 Å². The Morgan fingerprint density at radius 3 is 1.33 bits per heavy atom. The molecule has 0 unspecified atom stereocenters. The predicted octanol–water partition coefficient (Wildman–Crippen LogP) is 3.28. The molecule has 0 fully saturated rings. The van der Waals surface area contributed by atoms with E-state index in [1.165, 1.54) is 21.5 Å². The maximum atomic E-state index is 2.37. The summed E-state index contributed by atoms with van der Waals surface area (Å²) in [6.45, 7) is 9.39. The van der Waals surface area contributed by atoms with Crippen molar-refractivity contribution in [2.45, 2.75) is 26.2 Å². The summed E-state index contributed by atoms with van der Waals surface area (Å²) >= 11 is 0. The van der Waals surface area contributed by atoms with Crippen molar-refractivity contribution in [2.24, 2.45) is 0 Å².